The number of hydrogen-bond acceptors (Lipinski definition) is 3. The molecule has 17 heavy (non-hydrogen) atoms. The minimum absolute atomic E-state index is 0. The minimum atomic E-state index is -0.0596. The second-order valence-corrected chi connectivity index (χ2v) is 5.23. The van der Waals surface area contributed by atoms with Crippen molar-refractivity contribution in [3.8, 4) is 0 Å². The molecule has 3 aromatic rings. The number of aryl methyl sites for hydroxylation is 1. The number of H-pyrrole nitrogens is 1. The molecular weight excluding hydrogens is 279 g/mol. The molecule has 0 spiro atoms. The van der Waals surface area contributed by atoms with Crippen molar-refractivity contribution in [2.75, 3.05) is 0 Å². The standard InChI is InChI=1S/C11H7ClN2OS.ClH/c1-5-2-3-7-6(4-5)9(15)8-10(13-7)16-11(12)14-8;/h2-4H,1H3,(H,13,15);1H. The zero-order valence-electron chi connectivity index (χ0n) is 8.78. The summed E-state index contributed by atoms with van der Waals surface area (Å²) < 4.78 is 0.385. The van der Waals surface area contributed by atoms with Crippen LogP contribution in [0.5, 0.6) is 0 Å². The van der Waals surface area contributed by atoms with Crippen molar-refractivity contribution in [2.24, 2.45) is 0 Å². The Labute approximate surface area is 112 Å². The first-order valence-electron chi connectivity index (χ1n) is 4.74. The minimum Gasteiger partial charge on any atom is -0.345 e. The maximum atomic E-state index is 12.1. The number of thiazole rings is 1. The maximum absolute atomic E-state index is 12.1. The first kappa shape index (κ1) is 12.4. The van der Waals surface area contributed by atoms with Gasteiger partial charge in [0.25, 0.3) is 0 Å². The number of benzene rings is 1. The van der Waals surface area contributed by atoms with Crippen molar-refractivity contribution in [2.45, 2.75) is 6.92 Å². The van der Waals surface area contributed by atoms with Crippen molar-refractivity contribution in [3.63, 3.8) is 0 Å². The fourth-order valence-corrected chi connectivity index (χ4v) is 2.75. The van der Waals surface area contributed by atoms with Crippen molar-refractivity contribution < 1.29 is 0 Å². The summed E-state index contributed by atoms with van der Waals surface area (Å²) >= 11 is 7.09. The molecule has 2 aromatic heterocycles. The molecule has 0 saturated heterocycles. The zero-order valence-corrected chi connectivity index (χ0v) is 11.2. The van der Waals surface area contributed by atoms with Crippen LogP contribution in [0.2, 0.25) is 4.47 Å². The molecule has 0 aliphatic carbocycles. The van der Waals surface area contributed by atoms with Gasteiger partial charge in [-0.05, 0) is 19.1 Å². The normalized spacial score (nSPS) is 10.7. The first-order valence-corrected chi connectivity index (χ1v) is 5.93. The topological polar surface area (TPSA) is 45.8 Å². The molecule has 0 bridgehead atoms. The lowest BCUT2D eigenvalue weighted by atomic mass is 10.1. The van der Waals surface area contributed by atoms with Crippen LogP contribution in [0.3, 0.4) is 0 Å². The fourth-order valence-electron chi connectivity index (χ4n) is 1.74. The Morgan fingerprint density at radius 1 is 1.41 bits per heavy atom. The molecule has 0 unspecified atom stereocenters. The van der Waals surface area contributed by atoms with Gasteiger partial charge in [-0.1, -0.05) is 34.6 Å². The Morgan fingerprint density at radius 2 is 2.18 bits per heavy atom. The summed E-state index contributed by atoms with van der Waals surface area (Å²) in [5, 5.41) is 0.662. The summed E-state index contributed by atoms with van der Waals surface area (Å²) in [7, 11) is 0. The highest BCUT2D eigenvalue weighted by molar-refractivity contribution is 7.21. The maximum Gasteiger partial charge on any atom is 0.216 e. The Hall–Kier alpha value is -1.10. The second kappa shape index (κ2) is 4.29. The average Bonchev–Trinajstić information content (AvgIpc) is 2.61. The third-order valence-electron chi connectivity index (χ3n) is 2.48. The van der Waals surface area contributed by atoms with Gasteiger partial charge >= 0.3 is 0 Å². The summed E-state index contributed by atoms with van der Waals surface area (Å²) in [6.45, 7) is 1.96. The van der Waals surface area contributed by atoms with E-state index >= 15 is 0 Å². The van der Waals surface area contributed by atoms with Crippen LogP contribution < -0.4 is 5.43 Å². The molecule has 3 nitrogen and oxygen atoms in total. The molecule has 0 aliphatic heterocycles. The Kier molecular flexibility index (Phi) is 3.12. The van der Waals surface area contributed by atoms with E-state index < -0.39 is 0 Å². The van der Waals surface area contributed by atoms with Crippen LogP contribution in [0.1, 0.15) is 5.56 Å². The molecule has 1 N–H and O–H groups in total. The summed E-state index contributed by atoms with van der Waals surface area (Å²) in [6.07, 6.45) is 0. The lowest BCUT2D eigenvalue weighted by molar-refractivity contribution is 1.42. The lowest BCUT2D eigenvalue weighted by Crippen LogP contribution is -2.03. The summed E-state index contributed by atoms with van der Waals surface area (Å²) in [4.78, 5) is 20.0. The molecule has 0 aliphatic rings. The van der Waals surface area contributed by atoms with E-state index in [2.05, 4.69) is 9.97 Å². The number of fused-ring (bicyclic) bond motifs is 2. The van der Waals surface area contributed by atoms with Crippen LogP contribution in [-0.2, 0) is 0 Å². The van der Waals surface area contributed by atoms with Gasteiger partial charge in [0.15, 0.2) is 4.47 Å². The van der Waals surface area contributed by atoms with Gasteiger partial charge in [-0.15, -0.1) is 12.4 Å². The van der Waals surface area contributed by atoms with Gasteiger partial charge in [0.05, 0.1) is 5.52 Å². The largest absolute Gasteiger partial charge is 0.345 e. The van der Waals surface area contributed by atoms with E-state index in [1.54, 1.807) is 0 Å². The van der Waals surface area contributed by atoms with Crippen LogP contribution in [0.15, 0.2) is 23.0 Å². The average molecular weight is 287 g/mol. The smallest absolute Gasteiger partial charge is 0.216 e. The van der Waals surface area contributed by atoms with E-state index in [-0.39, 0.29) is 17.8 Å². The third kappa shape index (κ3) is 1.92. The molecule has 0 fully saturated rings. The van der Waals surface area contributed by atoms with Crippen molar-refractivity contribution in [1.29, 1.82) is 0 Å². The fraction of sp³-hybridized carbons (Fsp3) is 0.0909. The molecular formula is C11H8Cl2N2OS. The van der Waals surface area contributed by atoms with Gasteiger partial charge in [0.2, 0.25) is 5.43 Å². The number of pyridine rings is 1. The van der Waals surface area contributed by atoms with Crippen LogP contribution in [-0.4, -0.2) is 9.97 Å². The predicted molar refractivity (Wildman–Crippen MR) is 74.7 cm³/mol. The van der Waals surface area contributed by atoms with E-state index in [0.29, 0.717) is 15.4 Å². The Bertz CT molecular complexity index is 763. The van der Waals surface area contributed by atoms with E-state index in [1.807, 2.05) is 25.1 Å². The molecule has 0 radical (unpaired) electrons. The van der Waals surface area contributed by atoms with Crippen LogP contribution >= 0.6 is 35.3 Å². The predicted octanol–water partition coefficient (Wildman–Crippen LogP) is 3.52. The molecule has 1 aromatic carbocycles. The Morgan fingerprint density at radius 3 is 2.94 bits per heavy atom. The van der Waals surface area contributed by atoms with E-state index in [1.165, 1.54) is 11.3 Å². The Balaban J connectivity index is 0.00000108. The number of aromatic nitrogens is 2. The number of nitrogens with zero attached hydrogens (tertiary/aromatic N) is 1. The van der Waals surface area contributed by atoms with Crippen LogP contribution in [0.25, 0.3) is 21.3 Å². The van der Waals surface area contributed by atoms with Crippen LogP contribution in [0.4, 0.5) is 0 Å². The third-order valence-corrected chi connectivity index (χ3v) is 3.56. The van der Waals surface area contributed by atoms with E-state index in [9.17, 15) is 4.79 Å². The van der Waals surface area contributed by atoms with Gasteiger partial charge in [-0.2, -0.15) is 0 Å². The molecule has 6 heteroatoms. The molecule has 0 amide bonds. The first-order chi connectivity index (χ1) is 7.65. The number of rotatable bonds is 0. The van der Waals surface area contributed by atoms with Crippen LogP contribution in [0, 0.1) is 6.92 Å². The van der Waals surface area contributed by atoms with Gasteiger partial charge in [-0.3, -0.25) is 4.79 Å². The molecule has 2 heterocycles. The zero-order chi connectivity index (χ0) is 11.3. The molecule has 88 valence electrons. The summed E-state index contributed by atoms with van der Waals surface area (Å²) in [5.41, 5.74) is 2.24. The summed E-state index contributed by atoms with van der Waals surface area (Å²) in [5.74, 6) is 0. The van der Waals surface area contributed by atoms with Gasteiger partial charge < -0.3 is 4.98 Å². The highest BCUT2D eigenvalue weighted by Crippen LogP contribution is 2.24. The quantitative estimate of drug-likeness (QED) is 0.687. The summed E-state index contributed by atoms with van der Waals surface area (Å²) in [6, 6.07) is 5.73. The van der Waals surface area contributed by atoms with E-state index in [0.717, 1.165) is 15.9 Å². The lowest BCUT2D eigenvalue weighted by Gasteiger charge is -1.98. The highest BCUT2D eigenvalue weighted by atomic mass is 35.5. The van der Waals surface area contributed by atoms with Crippen molar-refractivity contribution in [1.82, 2.24) is 9.97 Å². The monoisotopic (exact) mass is 286 g/mol. The van der Waals surface area contributed by atoms with Crippen molar-refractivity contribution in [3.05, 3.63) is 38.5 Å². The molecule has 0 atom stereocenters. The van der Waals surface area contributed by atoms with Crippen molar-refractivity contribution >= 4 is 56.6 Å². The number of hydrogen-bond donors (Lipinski definition) is 1. The second-order valence-electron chi connectivity index (χ2n) is 3.65. The highest BCUT2D eigenvalue weighted by Gasteiger charge is 2.09. The van der Waals surface area contributed by atoms with Gasteiger partial charge in [0, 0.05) is 5.39 Å². The SMILES string of the molecule is Cc1ccc2[nH]c3sc(Cl)nc3c(=O)c2c1.Cl. The molecule has 0 saturated carbocycles. The molecule has 3 rings (SSSR count). The number of halogens is 2. The number of aromatic amines is 1. The van der Waals surface area contributed by atoms with Gasteiger partial charge in [0.1, 0.15) is 10.3 Å². The van der Waals surface area contributed by atoms with Gasteiger partial charge in [-0.25, -0.2) is 4.98 Å². The number of nitrogens with one attached hydrogen (secondary N) is 1. The van der Waals surface area contributed by atoms with E-state index in [4.69, 9.17) is 11.6 Å².